The van der Waals surface area contributed by atoms with Crippen molar-refractivity contribution in [1.82, 2.24) is 5.16 Å². The summed E-state index contributed by atoms with van der Waals surface area (Å²) >= 11 is 7.54. The van der Waals surface area contributed by atoms with E-state index in [4.69, 9.17) is 21.9 Å². The number of carbonyl (C=O) groups is 2. The van der Waals surface area contributed by atoms with Gasteiger partial charge in [0.15, 0.2) is 0 Å². The zero-order valence-corrected chi connectivity index (χ0v) is 17.4. The first-order valence-electron chi connectivity index (χ1n) is 8.97. The summed E-state index contributed by atoms with van der Waals surface area (Å²) in [5.74, 6) is -0.757. The molecular weight excluding hydrogens is 422 g/mol. The minimum absolute atomic E-state index is 0.237. The molecule has 2 heterocycles. The normalized spacial score (nSPS) is 10.7. The number of amides is 2. The highest BCUT2D eigenvalue weighted by Gasteiger charge is 2.25. The smallest absolute Gasteiger partial charge is 0.262 e. The third kappa shape index (κ3) is 3.72. The molecule has 0 bridgehead atoms. The molecule has 0 saturated heterocycles. The molecular formula is C22H16ClN3O3S. The first-order chi connectivity index (χ1) is 14.5. The van der Waals surface area contributed by atoms with Crippen LogP contribution in [0.5, 0.6) is 0 Å². The minimum atomic E-state index is -0.628. The quantitative estimate of drug-likeness (QED) is 0.437. The summed E-state index contributed by atoms with van der Waals surface area (Å²) < 4.78 is 5.26. The highest BCUT2D eigenvalue weighted by Crippen LogP contribution is 2.37. The van der Waals surface area contributed by atoms with Crippen LogP contribution in [0.4, 0.5) is 5.00 Å². The number of hydrogen-bond acceptors (Lipinski definition) is 5. The number of carbonyl (C=O) groups excluding carboxylic acids is 2. The van der Waals surface area contributed by atoms with E-state index in [0.29, 0.717) is 27.0 Å². The van der Waals surface area contributed by atoms with Crippen LogP contribution in [0.25, 0.3) is 21.7 Å². The first kappa shape index (κ1) is 19.9. The molecule has 0 aliphatic heterocycles. The third-order valence-electron chi connectivity index (χ3n) is 4.50. The van der Waals surface area contributed by atoms with E-state index in [1.54, 1.807) is 37.3 Å². The number of nitrogens with zero attached hydrogens (tertiary/aromatic N) is 1. The number of aryl methyl sites for hydroxylation is 1. The summed E-state index contributed by atoms with van der Waals surface area (Å²) in [4.78, 5) is 25.9. The molecule has 150 valence electrons. The van der Waals surface area contributed by atoms with E-state index in [2.05, 4.69) is 10.5 Å². The van der Waals surface area contributed by atoms with Crippen molar-refractivity contribution in [2.45, 2.75) is 6.92 Å². The molecule has 2 aromatic heterocycles. The molecule has 2 amide bonds. The topological polar surface area (TPSA) is 98.2 Å². The van der Waals surface area contributed by atoms with Crippen molar-refractivity contribution >= 4 is 39.8 Å². The third-order valence-corrected chi connectivity index (χ3v) is 5.93. The van der Waals surface area contributed by atoms with Gasteiger partial charge in [-0.25, -0.2) is 0 Å². The lowest BCUT2D eigenvalue weighted by molar-refractivity contribution is 0.100. The van der Waals surface area contributed by atoms with Gasteiger partial charge >= 0.3 is 0 Å². The standard InChI is InChI=1S/C22H16ClN3O3S/c1-12-18(19(26-29-12)14-9-5-6-10-16(14)23)21(28)25-22-15(20(24)27)11-17(30-22)13-7-3-2-4-8-13/h2-11H,1H3,(H2,24,27)(H,25,28). The van der Waals surface area contributed by atoms with Crippen LogP contribution in [0.3, 0.4) is 0 Å². The second-order valence-corrected chi connectivity index (χ2v) is 7.94. The Morgan fingerprint density at radius 2 is 1.80 bits per heavy atom. The van der Waals surface area contributed by atoms with Crippen molar-refractivity contribution < 1.29 is 14.1 Å². The Hall–Kier alpha value is -3.42. The van der Waals surface area contributed by atoms with Crippen LogP contribution in [-0.4, -0.2) is 17.0 Å². The first-order valence-corrected chi connectivity index (χ1v) is 10.2. The van der Waals surface area contributed by atoms with Gasteiger partial charge in [-0.2, -0.15) is 0 Å². The van der Waals surface area contributed by atoms with Gasteiger partial charge in [0.2, 0.25) is 0 Å². The Bertz CT molecular complexity index is 1250. The molecule has 30 heavy (non-hydrogen) atoms. The largest absolute Gasteiger partial charge is 0.366 e. The van der Waals surface area contributed by atoms with E-state index < -0.39 is 11.8 Å². The lowest BCUT2D eigenvalue weighted by Crippen LogP contribution is -2.17. The van der Waals surface area contributed by atoms with E-state index in [0.717, 1.165) is 10.4 Å². The number of benzene rings is 2. The molecule has 0 fully saturated rings. The molecule has 6 nitrogen and oxygen atoms in total. The number of anilines is 1. The predicted octanol–water partition coefficient (Wildman–Crippen LogP) is 5.38. The van der Waals surface area contributed by atoms with E-state index >= 15 is 0 Å². The van der Waals surface area contributed by atoms with E-state index in [-0.39, 0.29) is 11.1 Å². The molecule has 4 rings (SSSR count). The van der Waals surface area contributed by atoms with Gasteiger partial charge < -0.3 is 15.6 Å². The van der Waals surface area contributed by atoms with Gasteiger partial charge in [0, 0.05) is 10.4 Å². The second kappa shape index (κ2) is 8.14. The van der Waals surface area contributed by atoms with Crippen LogP contribution >= 0.6 is 22.9 Å². The maximum atomic E-state index is 13.1. The molecule has 0 aliphatic rings. The average Bonchev–Trinajstić information content (AvgIpc) is 3.33. The highest BCUT2D eigenvalue weighted by atomic mass is 35.5. The Morgan fingerprint density at radius 3 is 2.50 bits per heavy atom. The molecule has 0 aliphatic carbocycles. The maximum Gasteiger partial charge on any atom is 0.262 e. The van der Waals surface area contributed by atoms with Crippen LogP contribution in [0.1, 0.15) is 26.5 Å². The van der Waals surface area contributed by atoms with Crippen molar-refractivity contribution in [2.75, 3.05) is 5.32 Å². The highest BCUT2D eigenvalue weighted by molar-refractivity contribution is 7.20. The van der Waals surface area contributed by atoms with Gasteiger partial charge in [0.05, 0.1) is 10.6 Å². The number of rotatable bonds is 5. The molecule has 3 N–H and O–H groups in total. The van der Waals surface area contributed by atoms with E-state index in [9.17, 15) is 9.59 Å². The molecule has 0 saturated carbocycles. The van der Waals surface area contributed by atoms with Crippen molar-refractivity contribution in [2.24, 2.45) is 5.73 Å². The van der Waals surface area contributed by atoms with Crippen LogP contribution in [0, 0.1) is 6.92 Å². The van der Waals surface area contributed by atoms with Crippen LogP contribution in [-0.2, 0) is 0 Å². The number of nitrogens with two attached hydrogens (primary N) is 1. The molecule has 0 spiro atoms. The molecule has 0 unspecified atom stereocenters. The summed E-state index contributed by atoms with van der Waals surface area (Å²) in [5.41, 5.74) is 7.85. The molecule has 4 aromatic rings. The summed E-state index contributed by atoms with van der Waals surface area (Å²) in [6, 6.07) is 18.2. The monoisotopic (exact) mass is 437 g/mol. The fraction of sp³-hybridized carbons (Fsp3) is 0.0455. The van der Waals surface area contributed by atoms with Crippen molar-refractivity contribution in [3.8, 4) is 21.7 Å². The minimum Gasteiger partial charge on any atom is -0.366 e. The second-order valence-electron chi connectivity index (χ2n) is 6.48. The molecule has 0 atom stereocenters. The van der Waals surface area contributed by atoms with Crippen molar-refractivity contribution in [3.63, 3.8) is 0 Å². The maximum absolute atomic E-state index is 13.1. The summed E-state index contributed by atoms with van der Waals surface area (Å²) in [6.45, 7) is 1.64. The van der Waals surface area contributed by atoms with Crippen LogP contribution < -0.4 is 11.1 Å². The fourth-order valence-corrected chi connectivity index (χ4v) is 4.34. The van der Waals surface area contributed by atoms with Crippen molar-refractivity contribution in [1.29, 1.82) is 0 Å². The Morgan fingerprint density at radius 1 is 1.10 bits per heavy atom. The predicted molar refractivity (Wildman–Crippen MR) is 118 cm³/mol. The number of aromatic nitrogens is 1. The number of thiophene rings is 1. The molecule has 0 radical (unpaired) electrons. The number of halogens is 1. The van der Waals surface area contributed by atoms with Gasteiger partial charge in [-0.3, -0.25) is 9.59 Å². The van der Waals surface area contributed by atoms with Gasteiger partial charge in [0.1, 0.15) is 22.0 Å². The zero-order chi connectivity index (χ0) is 21.3. The lowest BCUT2D eigenvalue weighted by Gasteiger charge is -2.06. The summed E-state index contributed by atoms with van der Waals surface area (Å²) in [7, 11) is 0. The van der Waals surface area contributed by atoms with Crippen LogP contribution in [0.2, 0.25) is 5.02 Å². The number of hydrogen-bond donors (Lipinski definition) is 2. The average molecular weight is 438 g/mol. The van der Waals surface area contributed by atoms with E-state index in [1.165, 1.54) is 11.3 Å². The SMILES string of the molecule is Cc1onc(-c2ccccc2Cl)c1C(=O)Nc1sc(-c2ccccc2)cc1C(N)=O. The van der Waals surface area contributed by atoms with Crippen molar-refractivity contribution in [3.05, 3.63) is 82.6 Å². The van der Waals surface area contributed by atoms with Gasteiger partial charge in [0.25, 0.3) is 11.8 Å². The Balaban J connectivity index is 1.72. The van der Waals surface area contributed by atoms with Gasteiger partial charge in [-0.1, -0.05) is 65.3 Å². The summed E-state index contributed by atoms with van der Waals surface area (Å²) in [6.07, 6.45) is 0. The fourth-order valence-electron chi connectivity index (χ4n) is 3.05. The molecule has 2 aromatic carbocycles. The lowest BCUT2D eigenvalue weighted by atomic mass is 10.1. The summed E-state index contributed by atoms with van der Waals surface area (Å²) in [5, 5.41) is 7.60. The number of nitrogens with one attached hydrogen (secondary N) is 1. The van der Waals surface area contributed by atoms with Gasteiger partial charge in [-0.15, -0.1) is 11.3 Å². The van der Waals surface area contributed by atoms with Gasteiger partial charge in [-0.05, 0) is 24.6 Å². The molecule has 8 heteroatoms. The van der Waals surface area contributed by atoms with Crippen LogP contribution in [0.15, 0.2) is 65.2 Å². The van der Waals surface area contributed by atoms with E-state index in [1.807, 2.05) is 30.3 Å². The zero-order valence-electron chi connectivity index (χ0n) is 15.8. The Kier molecular flexibility index (Phi) is 5.39. The Labute approximate surface area is 181 Å². The number of primary amides is 1.